The van der Waals surface area contributed by atoms with E-state index in [1.165, 1.54) is 44.2 Å². The molecule has 1 unspecified atom stereocenters. The number of nitrogens with zero attached hydrogens (tertiary/aromatic N) is 3. The first-order chi connectivity index (χ1) is 16.1. The van der Waals surface area contributed by atoms with Gasteiger partial charge in [0.2, 0.25) is 0 Å². The highest BCUT2D eigenvalue weighted by Crippen LogP contribution is 2.46. The van der Waals surface area contributed by atoms with Gasteiger partial charge in [-0.1, -0.05) is 13.0 Å². The predicted molar refractivity (Wildman–Crippen MR) is 124 cm³/mol. The number of nitrogens with one attached hydrogen (secondary N) is 1. The van der Waals surface area contributed by atoms with Gasteiger partial charge in [0.25, 0.3) is 0 Å². The summed E-state index contributed by atoms with van der Waals surface area (Å²) in [5.41, 5.74) is -1.71. The Morgan fingerprint density at radius 1 is 1.24 bits per heavy atom. The Morgan fingerprint density at radius 3 is 2.50 bits per heavy atom. The maximum absolute atomic E-state index is 15.4. The molecule has 0 radical (unpaired) electrons. The molecule has 34 heavy (non-hydrogen) atoms. The van der Waals surface area contributed by atoms with E-state index in [4.69, 9.17) is 4.84 Å². The molecule has 0 aliphatic heterocycles. The second kappa shape index (κ2) is 10.7. The highest BCUT2D eigenvalue weighted by molar-refractivity contribution is 5.62. The van der Waals surface area contributed by atoms with Crippen LogP contribution < -0.4 is 5.32 Å². The summed E-state index contributed by atoms with van der Waals surface area (Å²) in [6.45, 7) is 6.81. The zero-order valence-corrected chi connectivity index (χ0v) is 20.0. The Morgan fingerprint density at radius 2 is 1.91 bits per heavy atom. The fourth-order valence-corrected chi connectivity index (χ4v) is 3.75. The van der Waals surface area contributed by atoms with E-state index in [0.29, 0.717) is 5.56 Å². The third kappa shape index (κ3) is 6.22. The van der Waals surface area contributed by atoms with Crippen LogP contribution in [0, 0.1) is 17.6 Å². The maximum atomic E-state index is 15.4. The molecule has 1 saturated carbocycles. The summed E-state index contributed by atoms with van der Waals surface area (Å²) in [7, 11) is 0. The standard InChI is InChI=1S/C25H32F2N4O3/c1-5-6-16(2)30-31-34-15-28-14-25(33,18-9-10-18)21-13-20(24(3,4)32)22(27)23(29-21)17-7-11-19(26)12-8-17/h6-8,11-13,18,28,32-33H,5,9-10,14-15H2,1-4H3/b16-6-,31-30?. The number of aromatic nitrogens is 1. The predicted octanol–water partition coefficient (Wildman–Crippen LogP) is 5.10. The molecule has 7 nitrogen and oxygen atoms in total. The van der Waals surface area contributed by atoms with Crippen LogP contribution in [0.4, 0.5) is 8.78 Å². The van der Waals surface area contributed by atoms with Gasteiger partial charge in [0.05, 0.1) is 17.0 Å². The van der Waals surface area contributed by atoms with Gasteiger partial charge in [-0.05, 0) is 76.3 Å². The molecule has 0 bridgehead atoms. The number of hydrogen-bond acceptors (Lipinski definition) is 7. The van der Waals surface area contributed by atoms with Gasteiger partial charge in [0.1, 0.15) is 17.1 Å². The normalized spacial score (nSPS) is 16.6. The Labute approximate surface area is 198 Å². The molecule has 1 aliphatic carbocycles. The summed E-state index contributed by atoms with van der Waals surface area (Å²) in [4.78, 5) is 9.57. The number of allylic oxidation sites excluding steroid dienone is 2. The molecule has 184 valence electrons. The molecule has 1 aromatic carbocycles. The fourth-order valence-electron chi connectivity index (χ4n) is 3.75. The number of aliphatic hydroxyl groups is 2. The van der Waals surface area contributed by atoms with Crippen LogP contribution in [0.3, 0.4) is 0 Å². The average molecular weight is 475 g/mol. The van der Waals surface area contributed by atoms with Crippen molar-refractivity contribution in [3.8, 4) is 11.3 Å². The highest BCUT2D eigenvalue weighted by Gasteiger charge is 2.47. The van der Waals surface area contributed by atoms with E-state index in [1.54, 1.807) is 0 Å². The van der Waals surface area contributed by atoms with Crippen molar-refractivity contribution in [3.05, 3.63) is 65.0 Å². The summed E-state index contributed by atoms with van der Waals surface area (Å²) >= 11 is 0. The number of halogens is 2. The molecule has 1 atom stereocenters. The van der Waals surface area contributed by atoms with E-state index >= 15 is 4.39 Å². The molecule has 1 fully saturated rings. The van der Waals surface area contributed by atoms with E-state index in [2.05, 4.69) is 20.7 Å². The molecule has 1 aromatic heterocycles. The van der Waals surface area contributed by atoms with Crippen LogP contribution in [-0.4, -0.2) is 28.5 Å². The van der Waals surface area contributed by atoms with Gasteiger partial charge in [-0.15, -0.1) is 5.11 Å². The van der Waals surface area contributed by atoms with E-state index in [1.807, 2.05) is 19.9 Å². The van der Waals surface area contributed by atoms with Gasteiger partial charge in [-0.2, -0.15) is 0 Å². The molecule has 3 rings (SSSR count). The SMILES string of the molecule is CC/C=C(/C)N=NOCNCC(O)(c1cc(C(C)(C)O)c(F)c(-c2ccc(F)cc2)n1)C1CC1. The zero-order valence-electron chi connectivity index (χ0n) is 20.0. The summed E-state index contributed by atoms with van der Waals surface area (Å²) in [5.74, 6) is -1.27. The van der Waals surface area contributed by atoms with Crippen molar-refractivity contribution in [2.75, 3.05) is 13.3 Å². The van der Waals surface area contributed by atoms with E-state index < -0.39 is 22.8 Å². The lowest BCUT2D eigenvalue weighted by molar-refractivity contribution is -0.00373. The third-order valence-electron chi connectivity index (χ3n) is 5.75. The average Bonchev–Trinajstić information content (AvgIpc) is 3.62. The summed E-state index contributed by atoms with van der Waals surface area (Å²) in [6, 6.07) is 6.67. The summed E-state index contributed by atoms with van der Waals surface area (Å²) < 4.78 is 28.8. The molecule has 0 amide bonds. The minimum atomic E-state index is -1.53. The number of rotatable bonds is 11. The Kier molecular flexibility index (Phi) is 8.12. The molecule has 1 aliphatic rings. The molecule has 0 saturated heterocycles. The van der Waals surface area contributed by atoms with Crippen molar-refractivity contribution in [1.29, 1.82) is 0 Å². The molecular formula is C25H32F2N4O3. The first kappa shape index (κ1) is 25.9. The summed E-state index contributed by atoms with van der Waals surface area (Å²) in [5, 5.41) is 32.8. The largest absolute Gasteiger partial charge is 0.386 e. The minimum Gasteiger partial charge on any atom is -0.386 e. The molecule has 9 heteroatoms. The highest BCUT2D eigenvalue weighted by atomic mass is 19.1. The van der Waals surface area contributed by atoms with Crippen LogP contribution >= 0.6 is 0 Å². The van der Waals surface area contributed by atoms with Crippen LogP contribution in [-0.2, 0) is 16.0 Å². The number of pyridine rings is 1. The maximum Gasteiger partial charge on any atom is 0.170 e. The third-order valence-corrected chi connectivity index (χ3v) is 5.75. The monoisotopic (exact) mass is 474 g/mol. The quantitative estimate of drug-likeness (QED) is 0.182. The fraction of sp³-hybridized carbons (Fsp3) is 0.480. The smallest absolute Gasteiger partial charge is 0.170 e. The molecule has 2 aromatic rings. The molecule has 1 heterocycles. The van der Waals surface area contributed by atoms with E-state index in [9.17, 15) is 14.6 Å². The van der Waals surface area contributed by atoms with Crippen molar-refractivity contribution in [2.45, 2.75) is 58.2 Å². The Hall–Kier alpha value is -2.75. The van der Waals surface area contributed by atoms with Gasteiger partial charge in [0, 0.05) is 22.9 Å². The topological polar surface area (TPSA) is 99.3 Å². The van der Waals surface area contributed by atoms with Gasteiger partial charge < -0.3 is 15.1 Å². The summed E-state index contributed by atoms with van der Waals surface area (Å²) in [6.07, 6.45) is 4.31. The van der Waals surface area contributed by atoms with Crippen molar-refractivity contribution in [2.24, 2.45) is 16.3 Å². The van der Waals surface area contributed by atoms with Crippen LogP contribution in [0.2, 0.25) is 0 Å². The van der Waals surface area contributed by atoms with E-state index in [-0.39, 0.29) is 36.1 Å². The van der Waals surface area contributed by atoms with Crippen molar-refractivity contribution < 1.29 is 23.8 Å². The zero-order chi connectivity index (χ0) is 24.9. The van der Waals surface area contributed by atoms with Gasteiger partial charge in [-0.3, -0.25) is 5.32 Å². The lowest BCUT2D eigenvalue weighted by atomic mass is 9.88. The number of hydrogen-bond donors (Lipinski definition) is 3. The molecule has 3 N–H and O–H groups in total. The first-order valence-corrected chi connectivity index (χ1v) is 11.4. The lowest BCUT2D eigenvalue weighted by Crippen LogP contribution is -2.42. The first-order valence-electron chi connectivity index (χ1n) is 11.4. The Balaban J connectivity index is 1.89. The number of benzene rings is 1. The van der Waals surface area contributed by atoms with Crippen molar-refractivity contribution in [1.82, 2.24) is 10.3 Å². The van der Waals surface area contributed by atoms with Crippen LogP contribution in [0.1, 0.15) is 58.2 Å². The van der Waals surface area contributed by atoms with Crippen molar-refractivity contribution >= 4 is 0 Å². The van der Waals surface area contributed by atoms with Crippen molar-refractivity contribution in [3.63, 3.8) is 0 Å². The second-order valence-electron chi connectivity index (χ2n) is 9.12. The molecular weight excluding hydrogens is 442 g/mol. The van der Waals surface area contributed by atoms with Crippen LogP contribution in [0.5, 0.6) is 0 Å². The Bertz CT molecular complexity index is 1050. The molecule has 0 spiro atoms. The van der Waals surface area contributed by atoms with E-state index in [0.717, 1.165) is 25.0 Å². The second-order valence-corrected chi connectivity index (χ2v) is 9.12. The van der Waals surface area contributed by atoms with Gasteiger partial charge >= 0.3 is 0 Å². The van der Waals surface area contributed by atoms with Gasteiger partial charge in [-0.25, -0.2) is 13.8 Å². The van der Waals surface area contributed by atoms with Gasteiger partial charge in [0.15, 0.2) is 12.5 Å². The van der Waals surface area contributed by atoms with Crippen LogP contribution in [0.15, 0.2) is 52.5 Å². The van der Waals surface area contributed by atoms with Crippen LogP contribution in [0.25, 0.3) is 11.3 Å². The minimum absolute atomic E-state index is 0.000799. The lowest BCUT2D eigenvalue weighted by Gasteiger charge is -2.30.